The molecule has 1 aromatic carbocycles. The Labute approximate surface area is 236 Å². The summed E-state index contributed by atoms with van der Waals surface area (Å²) in [6.07, 6.45) is 11.9. The molecule has 3 fully saturated rings. The highest BCUT2D eigenvalue weighted by molar-refractivity contribution is 6.31. The lowest BCUT2D eigenvalue weighted by molar-refractivity contribution is 0.266. The fraction of sp³-hybridized carbons (Fsp3) is 0.586. The summed E-state index contributed by atoms with van der Waals surface area (Å²) in [5.41, 5.74) is 2.02. The topological polar surface area (TPSA) is 85.3 Å². The molecule has 3 aliphatic rings. The maximum Gasteiger partial charge on any atom is 0.232 e. The van der Waals surface area contributed by atoms with Crippen molar-refractivity contribution in [2.45, 2.75) is 57.4 Å². The zero-order chi connectivity index (χ0) is 26.4. The van der Waals surface area contributed by atoms with Crippen LogP contribution >= 0.6 is 11.6 Å². The van der Waals surface area contributed by atoms with Gasteiger partial charge in [-0.25, -0.2) is 0 Å². The zero-order valence-electron chi connectivity index (χ0n) is 22.8. The molecule has 4 heterocycles. The van der Waals surface area contributed by atoms with Crippen LogP contribution in [0.25, 0.3) is 10.9 Å². The lowest BCUT2D eigenvalue weighted by atomic mass is 9.96. The van der Waals surface area contributed by atoms with Crippen molar-refractivity contribution in [3.8, 4) is 0 Å². The van der Waals surface area contributed by atoms with E-state index in [1.807, 2.05) is 30.5 Å². The number of rotatable bonds is 8. The van der Waals surface area contributed by atoms with Gasteiger partial charge in [0.25, 0.3) is 0 Å². The molecular formula is C29H40ClN9. The monoisotopic (exact) mass is 549 g/mol. The van der Waals surface area contributed by atoms with E-state index in [2.05, 4.69) is 30.3 Å². The molecule has 39 heavy (non-hydrogen) atoms. The average molecular weight is 550 g/mol. The predicted octanol–water partition coefficient (Wildman–Crippen LogP) is 5.04. The first-order valence-corrected chi connectivity index (χ1v) is 15.1. The van der Waals surface area contributed by atoms with Crippen LogP contribution in [0.2, 0.25) is 5.02 Å². The van der Waals surface area contributed by atoms with Crippen molar-refractivity contribution in [3.05, 3.63) is 35.5 Å². The number of anilines is 4. The van der Waals surface area contributed by atoms with Crippen LogP contribution in [0.1, 0.15) is 51.4 Å². The smallest absolute Gasteiger partial charge is 0.232 e. The standard InChI is InChI=1S/C29H40ClN9/c30-22-9-10-24-25(11-12-31-26(24)21-22)32-13-16-37-17-19-39(20-18-37)29-35-27(33-23-7-3-1-4-8-23)34-28(36-29)38-14-5-2-6-15-38/h9-12,21,23H,1-8,13-20H2,(H,31,32)(H,33,34,35,36). The van der Waals surface area contributed by atoms with E-state index < -0.39 is 0 Å². The minimum Gasteiger partial charge on any atom is -0.383 e. The molecule has 0 atom stereocenters. The summed E-state index contributed by atoms with van der Waals surface area (Å²) in [4.78, 5) is 26.4. The van der Waals surface area contributed by atoms with Crippen LogP contribution in [-0.2, 0) is 0 Å². The third-order valence-electron chi connectivity index (χ3n) is 8.29. The van der Waals surface area contributed by atoms with Crippen LogP contribution in [0.5, 0.6) is 0 Å². The molecule has 9 nitrogen and oxygen atoms in total. The van der Waals surface area contributed by atoms with Crippen molar-refractivity contribution < 1.29 is 0 Å². The van der Waals surface area contributed by atoms with Gasteiger partial charge in [-0.2, -0.15) is 15.0 Å². The molecule has 2 aliphatic heterocycles. The van der Waals surface area contributed by atoms with Crippen molar-refractivity contribution in [2.24, 2.45) is 0 Å². The van der Waals surface area contributed by atoms with E-state index >= 15 is 0 Å². The first-order chi connectivity index (χ1) is 19.2. The highest BCUT2D eigenvalue weighted by Gasteiger charge is 2.24. The summed E-state index contributed by atoms with van der Waals surface area (Å²) in [7, 11) is 0. The number of pyridine rings is 1. The molecule has 10 heteroatoms. The number of nitrogens with one attached hydrogen (secondary N) is 2. The van der Waals surface area contributed by atoms with Crippen LogP contribution < -0.4 is 20.4 Å². The normalized spacial score (nSPS) is 19.4. The number of hydrogen-bond donors (Lipinski definition) is 2. The lowest BCUT2D eigenvalue weighted by Crippen LogP contribution is -2.48. The van der Waals surface area contributed by atoms with E-state index in [1.165, 1.54) is 51.4 Å². The van der Waals surface area contributed by atoms with E-state index in [0.717, 1.165) is 86.8 Å². The zero-order valence-corrected chi connectivity index (χ0v) is 23.5. The quantitative estimate of drug-likeness (QED) is 0.401. The third kappa shape index (κ3) is 6.64. The first kappa shape index (κ1) is 26.3. The van der Waals surface area contributed by atoms with Gasteiger partial charge in [-0.1, -0.05) is 30.9 Å². The lowest BCUT2D eigenvalue weighted by Gasteiger charge is -2.35. The number of hydrogen-bond acceptors (Lipinski definition) is 9. The summed E-state index contributed by atoms with van der Waals surface area (Å²) in [5, 5.41) is 9.08. The Morgan fingerprint density at radius 2 is 1.51 bits per heavy atom. The maximum absolute atomic E-state index is 6.14. The number of aromatic nitrogens is 4. The molecule has 6 rings (SSSR count). The second-order valence-electron chi connectivity index (χ2n) is 11.1. The minimum absolute atomic E-state index is 0.474. The second kappa shape index (κ2) is 12.5. The van der Waals surface area contributed by atoms with Crippen molar-refractivity contribution in [3.63, 3.8) is 0 Å². The largest absolute Gasteiger partial charge is 0.383 e. The van der Waals surface area contributed by atoms with Gasteiger partial charge in [-0.15, -0.1) is 0 Å². The Bertz CT molecular complexity index is 1230. The van der Waals surface area contributed by atoms with Crippen molar-refractivity contribution in [2.75, 3.05) is 72.8 Å². The number of nitrogens with zero attached hydrogens (tertiary/aromatic N) is 7. The molecule has 0 unspecified atom stereocenters. The molecule has 2 saturated heterocycles. The molecular weight excluding hydrogens is 510 g/mol. The fourth-order valence-corrected chi connectivity index (χ4v) is 6.19. The number of halogens is 1. The maximum atomic E-state index is 6.14. The molecule has 0 spiro atoms. The van der Waals surface area contributed by atoms with Gasteiger partial charge in [0.2, 0.25) is 17.8 Å². The molecule has 1 saturated carbocycles. The van der Waals surface area contributed by atoms with Gasteiger partial charge in [0, 0.05) is 80.7 Å². The molecule has 0 radical (unpaired) electrons. The summed E-state index contributed by atoms with van der Waals surface area (Å²) in [6, 6.07) is 8.38. The Kier molecular flexibility index (Phi) is 8.44. The molecule has 3 aromatic rings. The SMILES string of the molecule is Clc1ccc2c(NCCN3CCN(c4nc(NC5CCCCC5)nc(N5CCCCC5)n4)CC3)ccnc2c1. The molecule has 2 aromatic heterocycles. The Morgan fingerprint density at radius 3 is 2.28 bits per heavy atom. The van der Waals surface area contributed by atoms with Crippen molar-refractivity contribution in [1.29, 1.82) is 0 Å². The van der Waals surface area contributed by atoms with E-state index in [1.54, 1.807) is 0 Å². The van der Waals surface area contributed by atoms with Crippen LogP contribution in [0, 0.1) is 0 Å². The van der Waals surface area contributed by atoms with Gasteiger partial charge in [-0.05, 0) is 56.4 Å². The number of piperidine rings is 1. The molecule has 208 valence electrons. The van der Waals surface area contributed by atoms with Crippen LogP contribution in [0.15, 0.2) is 30.5 Å². The summed E-state index contributed by atoms with van der Waals surface area (Å²) < 4.78 is 0. The van der Waals surface area contributed by atoms with Gasteiger partial charge < -0.3 is 20.4 Å². The highest BCUT2D eigenvalue weighted by atomic mass is 35.5. The van der Waals surface area contributed by atoms with Gasteiger partial charge >= 0.3 is 0 Å². The number of piperazine rings is 1. The van der Waals surface area contributed by atoms with E-state index in [0.29, 0.717) is 11.1 Å². The van der Waals surface area contributed by atoms with Gasteiger partial charge in [0.05, 0.1) is 5.52 Å². The third-order valence-corrected chi connectivity index (χ3v) is 8.53. The number of benzene rings is 1. The minimum atomic E-state index is 0.474. The fourth-order valence-electron chi connectivity index (χ4n) is 6.02. The molecule has 0 amide bonds. The van der Waals surface area contributed by atoms with Gasteiger partial charge in [0.15, 0.2) is 0 Å². The Hall–Kier alpha value is -2.91. The van der Waals surface area contributed by atoms with Crippen molar-refractivity contribution >= 4 is 46.0 Å². The van der Waals surface area contributed by atoms with E-state index in [-0.39, 0.29) is 0 Å². The first-order valence-electron chi connectivity index (χ1n) is 14.7. The van der Waals surface area contributed by atoms with E-state index in [9.17, 15) is 0 Å². The highest BCUT2D eigenvalue weighted by Crippen LogP contribution is 2.26. The molecule has 2 N–H and O–H groups in total. The summed E-state index contributed by atoms with van der Waals surface area (Å²) in [5.74, 6) is 2.42. The van der Waals surface area contributed by atoms with Crippen molar-refractivity contribution in [1.82, 2.24) is 24.8 Å². The van der Waals surface area contributed by atoms with Crippen LogP contribution in [0.4, 0.5) is 23.5 Å². The summed E-state index contributed by atoms with van der Waals surface area (Å²) in [6.45, 7) is 7.75. The van der Waals surface area contributed by atoms with E-state index in [4.69, 9.17) is 26.6 Å². The van der Waals surface area contributed by atoms with Gasteiger partial charge in [-0.3, -0.25) is 9.88 Å². The van der Waals surface area contributed by atoms with Crippen LogP contribution in [-0.4, -0.2) is 83.2 Å². The van der Waals surface area contributed by atoms with Crippen LogP contribution in [0.3, 0.4) is 0 Å². The average Bonchev–Trinajstić information content (AvgIpc) is 2.98. The number of fused-ring (bicyclic) bond motifs is 1. The molecule has 1 aliphatic carbocycles. The Balaban J connectivity index is 1.07. The molecule has 0 bridgehead atoms. The second-order valence-corrected chi connectivity index (χ2v) is 11.5. The van der Waals surface area contributed by atoms with Gasteiger partial charge in [0.1, 0.15) is 0 Å². The Morgan fingerprint density at radius 1 is 0.795 bits per heavy atom. The summed E-state index contributed by atoms with van der Waals surface area (Å²) >= 11 is 6.14. The predicted molar refractivity (Wildman–Crippen MR) is 160 cm³/mol.